The zero-order valence-corrected chi connectivity index (χ0v) is 17.6. The van der Waals surface area contributed by atoms with Crippen LogP contribution in [0.2, 0.25) is 5.02 Å². The molecule has 0 aliphatic rings. The lowest BCUT2D eigenvalue weighted by atomic mass is 10.1. The fourth-order valence-corrected chi connectivity index (χ4v) is 4.33. The van der Waals surface area contributed by atoms with Gasteiger partial charge in [0.25, 0.3) is 0 Å². The van der Waals surface area contributed by atoms with E-state index in [1.165, 1.54) is 5.56 Å². The van der Waals surface area contributed by atoms with Gasteiger partial charge < -0.3 is 9.64 Å². The van der Waals surface area contributed by atoms with Gasteiger partial charge in [-0.15, -0.1) is 11.3 Å². The smallest absolute Gasteiger partial charge is 0.186 e. The van der Waals surface area contributed by atoms with E-state index in [1.54, 1.807) is 18.4 Å². The van der Waals surface area contributed by atoms with Gasteiger partial charge in [-0.05, 0) is 56.2 Å². The summed E-state index contributed by atoms with van der Waals surface area (Å²) in [6.07, 6.45) is 4.73. The summed E-state index contributed by atoms with van der Waals surface area (Å²) in [6.45, 7) is 7.44. The number of hydrogen-bond acceptors (Lipinski definition) is 5. The number of pyridine rings is 1. The van der Waals surface area contributed by atoms with Crippen molar-refractivity contribution in [3.8, 4) is 17.0 Å². The van der Waals surface area contributed by atoms with Crippen molar-refractivity contribution in [3.63, 3.8) is 0 Å². The molecule has 4 nitrogen and oxygen atoms in total. The molecule has 3 aromatic rings. The van der Waals surface area contributed by atoms with Crippen molar-refractivity contribution in [1.29, 1.82) is 0 Å². The number of anilines is 1. The Morgan fingerprint density at radius 2 is 1.96 bits per heavy atom. The van der Waals surface area contributed by atoms with Crippen LogP contribution in [0.1, 0.15) is 36.8 Å². The van der Waals surface area contributed by atoms with E-state index in [-0.39, 0.29) is 6.04 Å². The van der Waals surface area contributed by atoms with Crippen LogP contribution in [0.3, 0.4) is 0 Å². The summed E-state index contributed by atoms with van der Waals surface area (Å²) >= 11 is 7.83. The van der Waals surface area contributed by atoms with Gasteiger partial charge in [-0.2, -0.15) is 0 Å². The fraction of sp³-hybridized carbons (Fsp3) is 0.333. The van der Waals surface area contributed by atoms with Gasteiger partial charge in [-0.25, -0.2) is 4.98 Å². The highest BCUT2D eigenvalue weighted by Crippen LogP contribution is 2.40. The van der Waals surface area contributed by atoms with Gasteiger partial charge in [0.05, 0.1) is 18.8 Å². The van der Waals surface area contributed by atoms with E-state index < -0.39 is 0 Å². The molecular formula is C21H24ClN3OS. The van der Waals surface area contributed by atoms with E-state index in [0.717, 1.165) is 40.0 Å². The highest BCUT2D eigenvalue weighted by molar-refractivity contribution is 7.16. The molecule has 1 aromatic carbocycles. The molecule has 1 atom stereocenters. The molecule has 27 heavy (non-hydrogen) atoms. The van der Waals surface area contributed by atoms with Crippen LogP contribution in [-0.2, 0) is 0 Å². The van der Waals surface area contributed by atoms with Gasteiger partial charge in [-0.1, -0.05) is 18.5 Å². The molecule has 0 radical (unpaired) electrons. The summed E-state index contributed by atoms with van der Waals surface area (Å²) in [5.41, 5.74) is 3.15. The van der Waals surface area contributed by atoms with E-state index in [9.17, 15) is 0 Å². The van der Waals surface area contributed by atoms with Gasteiger partial charge >= 0.3 is 0 Å². The maximum atomic E-state index is 6.12. The van der Waals surface area contributed by atoms with Crippen LogP contribution in [0, 0.1) is 6.92 Å². The number of thiazole rings is 1. The average molecular weight is 402 g/mol. The number of nitrogens with zero attached hydrogens (tertiary/aromatic N) is 3. The average Bonchev–Trinajstić information content (AvgIpc) is 3.07. The van der Waals surface area contributed by atoms with E-state index in [4.69, 9.17) is 21.3 Å². The Hall–Kier alpha value is -2.11. The lowest BCUT2D eigenvalue weighted by Crippen LogP contribution is -2.27. The molecule has 0 bridgehead atoms. The topological polar surface area (TPSA) is 38.2 Å². The molecule has 3 rings (SSSR count). The van der Waals surface area contributed by atoms with Crippen molar-refractivity contribution in [2.45, 2.75) is 33.2 Å². The van der Waals surface area contributed by atoms with Gasteiger partial charge in [0.15, 0.2) is 5.13 Å². The summed E-state index contributed by atoms with van der Waals surface area (Å²) < 4.78 is 5.53. The van der Waals surface area contributed by atoms with Crippen molar-refractivity contribution >= 4 is 28.1 Å². The number of rotatable bonds is 7. The summed E-state index contributed by atoms with van der Waals surface area (Å²) in [6, 6.07) is 10.0. The lowest BCUT2D eigenvalue weighted by Gasteiger charge is -2.28. The summed E-state index contributed by atoms with van der Waals surface area (Å²) in [7, 11) is 1.66. The normalized spacial score (nSPS) is 12.0. The zero-order valence-electron chi connectivity index (χ0n) is 16.1. The summed E-state index contributed by atoms with van der Waals surface area (Å²) in [5.74, 6) is 0.742. The molecule has 0 aliphatic heterocycles. The third kappa shape index (κ3) is 4.25. The minimum Gasteiger partial charge on any atom is -0.496 e. The first kappa shape index (κ1) is 19.6. The van der Waals surface area contributed by atoms with Crippen LogP contribution in [0.4, 0.5) is 5.13 Å². The van der Waals surface area contributed by atoms with Crippen molar-refractivity contribution < 1.29 is 4.74 Å². The largest absolute Gasteiger partial charge is 0.496 e. The molecule has 0 amide bonds. The third-order valence-corrected chi connectivity index (χ3v) is 5.81. The molecule has 0 N–H and O–H groups in total. The molecule has 0 saturated heterocycles. The number of methoxy groups -OCH3 is 1. The van der Waals surface area contributed by atoms with Crippen LogP contribution in [0.5, 0.6) is 5.75 Å². The maximum absolute atomic E-state index is 6.12. The van der Waals surface area contributed by atoms with Crippen LogP contribution in [0.25, 0.3) is 11.3 Å². The van der Waals surface area contributed by atoms with Crippen LogP contribution >= 0.6 is 22.9 Å². The van der Waals surface area contributed by atoms with Crippen LogP contribution in [-0.4, -0.2) is 23.6 Å². The van der Waals surface area contributed by atoms with Crippen LogP contribution in [0.15, 0.2) is 42.7 Å². The molecule has 0 spiro atoms. The molecule has 6 heteroatoms. The monoisotopic (exact) mass is 401 g/mol. The number of aryl methyl sites for hydroxylation is 1. The standard InChI is InChI=1S/C21H24ClN3OS/c1-5-12-25(14(2)16-8-10-23-11-9-16)21-24-20(15(3)27-21)18-7-6-17(22)13-19(18)26-4/h6-11,13-14H,5,12H2,1-4H3. The van der Waals surface area contributed by atoms with Crippen LogP contribution < -0.4 is 9.64 Å². The first-order valence-corrected chi connectivity index (χ1v) is 10.2. The molecule has 2 heterocycles. The van der Waals surface area contributed by atoms with Crippen molar-refractivity contribution in [2.24, 2.45) is 0 Å². The van der Waals surface area contributed by atoms with Gasteiger partial charge in [0.2, 0.25) is 0 Å². The maximum Gasteiger partial charge on any atom is 0.186 e. The van der Waals surface area contributed by atoms with Gasteiger partial charge in [0, 0.05) is 34.4 Å². The second-order valence-electron chi connectivity index (χ2n) is 6.40. The molecule has 142 valence electrons. The number of halogens is 1. The zero-order chi connectivity index (χ0) is 19.4. The molecule has 0 saturated carbocycles. The fourth-order valence-electron chi connectivity index (χ4n) is 3.13. The van der Waals surface area contributed by atoms with Crippen molar-refractivity contribution in [1.82, 2.24) is 9.97 Å². The Bertz CT molecular complexity index is 898. The van der Waals surface area contributed by atoms with Gasteiger partial charge in [-0.3, -0.25) is 4.98 Å². The Labute approximate surface area is 169 Å². The van der Waals surface area contributed by atoms with E-state index in [0.29, 0.717) is 5.02 Å². The summed E-state index contributed by atoms with van der Waals surface area (Å²) in [5, 5.41) is 1.67. The minimum atomic E-state index is 0.221. The second-order valence-corrected chi connectivity index (χ2v) is 8.01. The predicted molar refractivity (Wildman–Crippen MR) is 114 cm³/mol. The third-order valence-electron chi connectivity index (χ3n) is 4.57. The van der Waals surface area contributed by atoms with E-state index in [2.05, 4.69) is 42.8 Å². The Kier molecular flexibility index (Phi) is 6.34. The second kappa shape index (κ2) is 8.72. The Balaban J connectivity index is 2.00. The van der Waals surface area contributed by atoms with Gasteiger partial charge in [0.1, 0.15) is 5.75 Å². The number of hydrogen-bond donors (Lipinski definition) is 0. The lowest BCUT2D eigenvalue weighted by molar-refractivity contribution is 0.416. The molecule has 0 aliphatic carbocycles. The predicted octanol–water partition coefficient (Wildman–Crippen LogP) is 6.15. The quantitative estimate of drug-likeness (QED) is 0.475. The number of aromatic nitrogens is 2. The minimum absolute atomic E-state index is 0.221. The SMILES string of the molecule is CCCN(c1nc(-c2ccc(Cl)cc2OC)c(C)s1)C(C)c1ccncc1. The van der Waals surface area contributed by atoms with E-state index >= 15 is 0 Å². The first-order chi connectivity index (χ1) is 13.0. The first-order valence-electron chi connectivity index (χ1n) is 9.03. The van der Waals surface area contributed by atoms with E-state index in [1.807, 2.05) is 30.6 Å². The molecule has 1 unspecified atom stereocenters. The molecule has 0 fully saturated rings. The highest BCUT2D eigenvalue weighted by atomic mass is 35.5. The van der Waals surface area contributed by atoms with Crippen molar-refractivity contribution in [3.05, 3.63) is 58.2 Å². The molecular weight excluding hydrogens is 378 g/mol. The molecule has 2 aromatic heterocycles. The highest BCUT2D eigenvalue weighted by Gasteiger charge is 2.22. The summed E-state index contributed by atoms with van der Waals surface area (Å²) in [4.78, 5) is 12.6. The number of benzene rings is 1. The Morgan fingerprint density at radius 3 is 2.63 bits per heavy atom. The van der Waals surface area contributed by atoms with Crippen molar-refractivity contribution in [2.75, 3.05) is 18.6 Å². The Morgan fingerprint density at radius 1 is 1.22 bits per heavy atom. The number of ether oxygens (including phenoxy) is 1.